The summed E-state index contributed by atoms with van der Waals surface area (Å²) in [6, 6.07) is 8.36. The van der Waals surface area contributed by atoms with Crippen molar-refractivity contribution in [1.82, 2.24) is 14.5 Å². The van der Waals surface area contributed by atoms with Gasteiger partial charge in [-0.3, -0.25) is 4.57 Å². The van der Waals surface area contributed by atoms with Gasteiger partial charge in [-0.2, -0.15) is 0 Å². The van der Waals surface area contributed by atoms with Gasteiger partial charge in [-0.1, -0.05) is 0 Å². The van der Waals surface area contributed by atoms with E-state index in [1.165, 1.54) is 6.42 Å². The number of aliphatic hydroxyl groups is 1. The zero-order valence-electron chi connectivity index (χ0n) is 14.1. The third kappa shape index (κ3) is 3.18. The molecule has 2 N–H and O–H groups in total. The topological polar surface area (TPSA) is 97.5 Å². The summed E-state index contributed by atoms with van der Waals surface area (Å²) in [5.74, 6) is -0.962. The first-order valence-corrected chi connectivity index (χ1v) is 8.59. The first-order valence-electron chi connectivity index (χ1n) is 8.59. The SMILES string of the molecule is O=C(O)c1ccc(-n2ccc3nc([C@H](O)COC4CCC4)cnc32)cc1. The minimum Gasteiger partial charge on any atom is -0.478 e. The van der Waals surface area contributed by atoms with Crippen LogP contribution in [-0.4, -0.2) is 43.4 Å². The maximum absolute atomic E-state index is 11.0. The molecule has 4 rings (SSSR count). The predicted molar refractivity (Wildman–Crippen MR) is 94.4 cm³/mol. The number of nitrogens with zero attached hydrogens (tertiary/aromatic N) is 3. The number of aromatic nitrogens is 3. The second-order valence-electron chi connectivity index (χ2n) is 6.44. The second kappa shape index (κ2) is 6.86. The second-order valence-corrected chi connectivity index (χ2v) is 6.44. The summed E-state index contributed by atoms with van der Waals surface area (Å²) >= 11 is 0. The first-order chi connectivity index (χ1) is 12.6. The highest BCUT2D eigenvalue weighted by Crippen LogP contribution is 2.24. The number of hydrogen-bond donors (Lipinski definition) is 2. The molecule has 0 unspecified atom stereocenters. The summed E-state index contributed by atoms with van der Waals surface area (Å²) in [5, 5.41) is 19.3. The zero-order valence-corrected chi connectivity index (χ0v) is 14.1. The van der Waals surface area contributed by atoms with E-state index in [0.717, 1.165) is 18.5 Å². The van der Waals surface area contributed by atoms with Crippen molar-refractivity contribution in [2.24, 2.45) is 0 Å². The van der Waals surface area contributed by atoms with Gasteiger partial charge in [0, 0.05) is 11.9 Å². The van der Waals surface area contributed by atoms with Crippen LogP contribution in [0.15, 0.2) is 42.7 Å². The summed E-state index contributed by atoms with van der Waals surface area (Å²) in [7, 11) is 0. The lowest BCUT2D eigenvalue weighted by Crippen LogP contribution is -2.24. The fourth-order valence-corrected chi connectivity index (χ4v) is 2.91. The van der Waals surface area contributed by atoms with E-state index in [1.807, 2.05) is 16.8 Å². The minimum atomic E-state index is -0.962. The van der Waals surface area contributed by atoms with Crippen molar-refractivity contribution >= 4 is 17.1 Å². The van der Waals surface area contributed by atoms with Gasteiger partial charge in [-0.05, 0) is 49.6 Å². The number of carboxylic acid groups (broad SMARTS) is 1. The number of ether oxygens (including phenoxy) is 1. The molecule has 0 radical (unpaired) electrons. The van der Waals surface area contributed by atoms with Crippen LogP contribution < -0.4 is 0 Å². The van der Waals surface area contributed by atoms with E-state index >= 15 is 0 Å². The Balaban J connectivity index is 1.55. The van der Waals surface area contributed by atoms with Crippen LogP contribution in [0.25, 0.3) is 16.9 Å². The average molecular weight is 353 g/mol. The number of fused-ring (bicyclic) bond motifs is 1. The number of carboxylic acids is 1. The molecule has 1 atom stereocenters. The number of benzene rings is 1. The van der Waals surface area contributed by atoms with Crippen molar-refractivity contribution in [1.29, 1.82) is 0 Å². The molecule has 0 amide bonds. The maximum atomic E-state index is 11.0. The van der Waals surface area contributed by atoms with Gasteiger partial charge in [0.05, 0.1) is 30.2 Å². The van der Waals surface area contributed by atoms with Crippen molar-refractivity contribution in [2.75, 3.05) is 6.61 Å². The molecule has 1 aliphatic carbocycles. The van der Waals surface area contributed by atoms with E-state index < -0.39 is 12.1 Å². The Morgan fingerprint density at radius 3 is 2.69 bits per heavy atom. The van der Waals surface area contributed by atoms with Crippen LogP contribution in [0.1, 0.15) is 41.4 Å². The van der Waals surface area contributed by atoms with E-state index in [-0.39, 0.29) is 18.3 Å². The van der Waals surface area contributed by atoms with Crippen LogP contribution in [0.2, 0.25) is 0 Å². The van der Waals surface area contributed by atoms with Gasteiger partial charge in [-0.15, -0.1) is 0 Å². The zero-order chi connectivity index (χ0) is 18.1. The Morgan fingerprint density at radius 2 is 2.04 bits per heavy atom. The summed E-state index contributed by atoms with van der Waals surface area (Å²) in [6.45, 7) is 0.224. The van der Waals surface area contributed by atoms with Crippen LogP contribution >= 0.6 is 0 Å². The van der Waals surface area contributed by atoms with Crippen LogP contribution in [0.4, 0.5) is 0 Å². The molecule has 7 heteroatoms. The molecular formula is C19H19N3O4. The van der Waals surface area contributed by atoms with Gasteiger partial charge in [0.15, 0.2) is 5.65 Å². The lowest BCUT2D eigenvalue weighted by molar-refractivity contribution is -0.0437. The molecule has 0 aliphatic heterocycles. The van der Waals surface area contributed by atoms with Gasteiger partial charge in [0.25, 0.3) is 0 Å². The molecule has 3 aromatic rings. The summed E-state index contributed by atoms with van der Waals surface area (Å²) in [4.78, 5) is 19.9. The van der Waals surface area contributed by atoms with Crippen molar-refractivity contribution in [3.63, 3.8) is 0 Å². The van der Waals surface area contributed by atoms with E-state index in [0.29, 0.717) is 16.9 Å². The minimum absolute atomic E-state index is 0.224. The Bertz CT molecular complexity index is 932. The normalized spacial score (nSPS) is 15.7. The quantitative estimate of drug-likeness (QED) is 0.707. The highest BCUT2D eigenvalue weighted by Gasteiger charge is 2.20. The number of hydrogen-bond acceptors (Lipinski definition) is 5. The Morgan fingerprint density at radius 1 is 1.27 bits per heavy atom. The van der Waals surface area contributed by atoms with Gasteiger partial charge >= 0.3 is 5.97 Å². The molecule has 0 saturated heterocycles. The molecule has 134 valence electrons. The highest BCUT2D eigenvalue weighted by molar-refractivity contribution is 5.87. The van der Waals surface area contributed by atoms with Crippen LogP contribution in [0.3, 0.4) is 0 Å². The molecule has 0 bridgehead atoms. The fraction of sp³-hybridized carbons (Fsp3) is 0.316. The van der Waals surface area contributed by atoms with Crippen molar-refractivity contribution in [3.05, 3.63) is 54.0 Å². The molecule has 1 saturated carbocycles. The smallest absolute Gasteiger partial charge is 0.335 e. The Labute approximate surface area is 149 Å². The monoisotopic (exact) mass is 353 g/mol. The third-order valence-electron chi connectivity index (χ3n) is 4.68. The predicted octanol–water partition coefficient (Wildman–Crippen LogP) is 2.72. The largest absolute Gasteiger partial charge is 0.478 e. The van der Waals surface area contributed by atoms with Crippen molar-refractivity contribution in [3.8, 4) is 5.69 Å². The number of rotatable bonds is 6. The van der Waals surface area contributed by atoms with E-state index in [2.05, 4.69) is 9.97 Å². The van der Waals surface area contributed by atoms with Crippen LogP contribution in [-0.2, 0) is 4.74 Å². The van der Waals surface area contributed by atoms with Crippen LogP contribution in [0, 0.1) is 0 Å². The van der Waals surface area contributed by atoms with E-state index in [9.17, 15) is 9.90 Å². The molecule has 1 aliphatic rings. The van der Waals surface area contributed by atoms with Gasteiger partial charge in [0.2, 0.25) is 0 Å². The third-order valence-corrected chi connectivity index (χ3v) is 4.68. The first kappa shape index (κ1) is 16.7. The number of aliphatic hydroxyl groups excluding tert-OH is 1. The number of aromatic carboxylic acids is 1. The molecule has 0 spiro atoms. The number of carbonyl (C=O) groups is 1. The lowest BCUT2D eigenvalue weighted by atomic mass is 9.96. The molecular weight excluding hydrogens is 334 g/mol. The molecule has 1 aromatic carbocycles. The summed E-state index contributed by atoms with van der Waals surface area (Å²) < 4.78 is 7.47. The Kier molecular flexibility index (Phi) is 4.40. The fourth-order valence-electron chi connectivity index (χ4n) is 2.91. The average Bonchev–Trinajstić information content (AvgIpc) is 3.03. The molecule has 7 nitrogen and oxygen atoms in total. The van der Waals surface area contributed by atoms with Gasteiger partial charge in [-0.25, -0.2) is 14.8 Å². The molecule has 2 aromatic heterocycles. The van der Waals surface area contributed by atoms with E-state index in [4.69, 9.17) is 9.84 Å². The van der Waals surface area contributed by atoms with Gasteiger partial charge < -0.3 is 14.9 Å². The highest BCUT2D eigenvalue weighted by atomic mass is 16.5. The Hall–Kier alpha value is -2.77. The molecule has 26 heavy (non-hydrogen) atoms. The van der Waals surface area contributed by atoms with Gasteiger partial charge in [0.1, 0.15) is 11.6 Å². The summed E-state index contributed by atoms with van der Waals surface area (Å²) in [5.41, 5.74) is 2.81. The van der Waals surface area contributed by atoms with Crippen LogP contribution in [0.5, 0.6) is 0 Å². The van der Waals surface area contributed by atoms with Crippen molar-refractivity contribution < 1.29 is 19.7 Å². The van der Waals surface area contributed by atoms with E-state index in [1.54, 1.807) is 30.5 Å². The van der Waals surface area contributed by atoms with Crippen molar-refractivity contribution in [2.45, 2.75) is 31.5 Å². The summed E-state index contributed by atoms with van der Waals surface area (Å²) in [6.07, 6.45) is 6.14. The molecule has 1 fully saturated rings. The molecule has 2 heterocycles. The maximum Gasteiger partial charge on any atom is 0.335 e. The standard InChI is InChI=1S/C19H19N3O4/c23-17(11-26-14-2-1-3-14)16-10-20-18-15(21-16)8-9-22(18)13-6-4-12(5-7-13)19(24)25/h4-10,14,17,23H,1-3,11H2,(H,24,25)/t17-/m1/s1. The lowest BCUT2D eigenvalue weighted by Gasteiger charge is -2.26.